The van der Waals surface area contributed by atoms with Crippen molar-refractivity contribution in [1.82, 2.24) is 0 Å². The number of amides is 2. The fourth-order valence-electron chi connectivity index (χ4n) is 3.83. The van der Waals surface area contributed by atoms with Crippen LogP contribution in [0.2, 0.25) is 5.02 Å². The van der Waals surface area contributed by atoms with E-state index in [1.54, 1.807) is 40.7 Å². The van der Waals surface area contributed by atoms with E-state index in [0.717, 1.165) is 10.6 Å². The topological polar surface area (TPSA) is 49.9 Å². The summed E-state index contributed by atoms with van der Waals surface area (Å²) in [6, 6.07) is 19.8. The first-order valence-corrected chi connectivity index (χ1v) is 10.1. The number of carbonyl (C=O) groups is 2. The molecule has 28 heavy (non-hydrogen) atoms. The number of thiophene rings is 1. The Kier molecular flexibility index (Phi) is 4.19. The molecule has 2 amide bonds. The standard InChI is InChI=1S/C21H15ClN2O3S/c22-13-6-4-9-15(12-13)23-20(25)17-18(16-10-5-11-28-16)24(27-19(17)21(23)26)14-7-2-1-3-8-14/h1-12,17-19H. The Morgan fingerprint density at radius 3 is 2.39 bits per heavy atom. The molecule has 0 N–H and O–H groups in total. The van der Waals surface area contributed by atoms with Crippen LogP contribution in [0.1, 0.15) is 10.9 Å². The highest BCUT2D eigenvalue weighted by Gasteiger charge is 2.60. The molecule has 0 bridgehead atoms. The van der Waals surface area contributed by atoms with E-state index >= 15 is 0 Å². The molecule has 3 aromatic rings. The van der Waals surface area contributed by atoms with Crippen LogP contribution >= 0.6 is 22.9 Å². The van der Waals surface area contributed by atoms with Gasteiger partial charge in [-0.15, -0.1) is 11.3 Å². The van der Waals surface area contributed by atoms with E-state index in [0.29, 0.717) is 10.7 Å². The number of para-hydroxylation sites is 1. The molecule has 3 atom stereocenters. The van der Waals surface area contributed by atoms with E-state index in [2.05, 4.69) is 0 Å². The Bertz CT molecular complexity index is 1040. The second-order valence-corrected chi connectivity index (χ2v) is 8.08. The van der Waals surface area contributed by atoms with E-state index in [9.17, 15) is 9.59 Å². The summed E-state index contributed by atoms with van der Waals surface area (Å²) in [5.41, 5.74) is 1.28. The maximum Gasteiger partial charge on any atom is 0.266 e. The number of benzene rings is 2. The molecule has 2 aromatic carbocycles. The summed E-state index contributed by atoms with van der Waals surface area (Å²) in [6.07, 6.45) is -0.862. The molecule has 2 aliphatic rings. The van der Waals surface area contributed by atoms with Crippen LogP contribution in [0.4, 0.5) is 11.4 Å². The number of rotatable bonds is 3. The van der Waals surface area contributed by atoms with Crippen LogP contribution in [0.5, 0.6) is 0 Å². The molecule has 1 aromatic heterocycles. The minimum atomic E-state index is -0.862. The number of hydrogen-bond acceptors (Lipinski definition) is 5. The molecular formula is C21H15ClN2O3S. The third-order valence-electron chi connectivity index (χ3n) is 5.03. The second kappa shape index (κ2) is 6.74. The summed E-state index contributed by atoms with van der Waals surface area (Å²) in [4.78, 5) is 34.7. The van der Waals surface area contributed by atoms with Gasteiger partial charge in [-0.3, -0.25) is 14.4 Å². The highest BCUT2D eigenvalue weighted by atomic mass is 35.5. The van der Waals surface area contributed by atoms with Crippen LogP contribution in [0.15, 0.2) is 72.1 Å². The summed E-state index contributed by atoms with van der Waals surface area (Å²) < 4.78 is 0. The largest absolute Gasteiger partial charge is 0.273 e. The maximum atomic E-state index is 13.4. The lowest BCUT2D eigenvalue weighted by atomic mass is 9.95. The summed E-state index contributed by atoms with van der Waals surface area (Å²) >= 11 is 7.61. The number of hydrogen-bond donors (Lipinski definition) is 0. The number of carbonyl (C=O) groups excluding carboxylic acids is 2. The van der Waals surface area contributed by atoms with Gasteiger partial charge in [0.25, 0.3) is 5.91 Å². The zero-order valence-electron chi connectivity index (χ0n) is 14.6. The van der Waals surface area contributed by atoms with Crippen molar-refractivity contribution in [3.63, 3.8) is 0 Å². The fourth-order valence-corrected chi connectivity index (χ4v) is 4.87. The number of hydroxylamine groups is 1. The molecule has 5 nitrogen and oxygen atoms in total. The molecule has 0 spiro atoms. The van der Waals surface area contributed by atoms with Crippen molar-refractivity contribution in [2.24, 2.45) is 5.92 Å². The summed E-state index contributed by atoms with van der Waals surface area (Å²) in [5, 5.41) is 4.13. The summed E-state index contributed by atoms with van der Waals surface area (Å²) in [6.45, 7) is 0. The number of fused-ring (bicyclic) bond motifs is 1. The van der Waals surface area contributed by atoms with Gasteiger partial charge in [-0.2, -0.15) is 0 Å². The van der Waals surface area contributed by atoms with Crippen LogP contribution in [-0.4, -0.2) is 17.9 Å². The maximum absolute atomic E-state index is 13.4. The highest BCUT2D eigenvalue weighted by Crippen LogP contribution is 2.48. The Morgan fingerprint density at radius 1 is 0.893 bits per heavy atom. The average Bonchev–Trinajstić information content (AvgIpc) is 3.40. The van der Waals surface area contributed by atoms with Gasteiger partial charge in [-0.05, 0) is 41.8 Å². The molecule has 3 unspecified atom stereocenters. The number of imide groups is 1. The average molecular weight is 411 g/mol. The van der Waals surface area contributed by atoms with Gasteiger partial charge >= 0.3 is 0 Å². The lowest BCUT2D eigenvalue weighted by Gasteiger charge is -2.27. The first-order valence-electron chi connectivity index (χ1n) is 8.83. The second-order valence-electron chi connectivity index (χ2n) is 6.67. The molecule has 0 saturated carbocycles. The molecule has 0 aliphatic carbocycles. The van der Waals surface area contributed by atoms with Gasteiger partial charge in [0.15, 0.2) is 6.10 Å². The Hall–Kier alpha value is -2.67. The third kappa shape index (κ3) is 2.64. The van der Waals surface area contributed by atoms with Gasteiger partial charge in [-0.1, -0.05) is 41.9 Å². The van der Waals surface area contributed by atoms with E-state index in [1.807, 2.05) is 47.8 Å². The molecule has 0 radical (unpaired) electrons. The van der Waals surface area contributed by atoms with Crippen molar-refractivity contribution in [3.05, 3.63) is 82.0 Å². The minimum Gasteiger partial charge on any atom is -0.273 e. The van der Waals surface area contributed by atoms with Crippen LogP contribution in [0, 0.1) is 5.92 Å². The van der Waals surface area contributed by atoms with E-state index in [1.165, 1.54) is 4.90 Å². The minimum absolute atomic E-state index is 0.269. The molecule has 2 aliphatic heterocycles. The van der Waals surface area contributed by atoms with Crippen molar-refractivity contribution < 1.29 is 14.4 Å². The van der Waals surface area contributed by atoms with Gasteiger partial charge in [0.05, 0.1) is 11.4 Å². The van der Waals surface area contributed by atoms with Crippen molar-refractivity contribution >= 4 is 46.1 Å². The number of halogens is 1. The molecule has 5 rings (SSSR count). The molecule has 2 saturated heterocycles. The van der Waals surface area contributed by atoms with Crippen molar-refractivity contribution in [3.8, 4) is 0 Å². The molecule has 7 heteroatoms. The third-order valence-corrected chi connectivity index (χ3v) is 6.21. The first-order chi connectivity index (χ1) is 13.6. The van der Waals surface area contributed by atoms with Crippen LogP contribution in [-0.2, 0) is 14.4 Å². The summed E-state index contributed by atoms with van der Waals surface area (Å²) in [5.74, 6) is -1.25. The number of anilines is 2. The van der Waals surface area contributed by atoms with Crippen LogP contribution < -0.4 is 9.96 Å². The molecular weight excluding hydrogens is 396 g/mol. The van der Waals surface area contributed by atoms with Crippen molar-refractivity contribution in [2.45, 2.75) is 12.1 Å². The van der Waals surface area contributed by atoms with Gasteiger partial charge in [0.2, 0.25) is 5.91 Å². The summed E-state index contributed by atoms with van der Waals surface area (Å²) in [7, 11) is 0. The van der Waals surface area contributed by atoms with Gasteiger partial charge < -0.3 is 0 Å². The SMILES string of the molecule is O=C1C2ON(c3ccccc3)C(c3cccs3)C2C(=O)N1c1cccc(Cl)c1. The Labute approximate surface area is 170 Å². The zero-order chi connectivity index (χ0) is 19.3. The van der Waals surface area contributed by atoms with Crippen molar-refractivity contribution in [2.75, 3.05) is 9.96 Å². The fraction of sp³-hybridized carbons (Fsp3) is 0.143. The van der Waals surface area contributed by atoms with E-state index in [-0.39, 0.29) is 17.9 Å². The Morgan fingerprint density at radius 2 is 1.68 bits per heavy atom. The molecule has 140 valence electrons. The lowest BCUT2D eigenvalue weighted by molar-refractivity contribution is -0.126. The smallest absolute Gasteiger partial charge is 0.266 e. The van der Waals surface area contributed by atoms with Crippen LogP contribution in [0.3, 0.4) is 0 Å². The first kappa shape index (κ1) is 17.4. The van der Waals surface area contributed by atoms with Gasteiger partial charge in [0.1, 0.15) is 12.0 Å². The molecule has 2 fully saturated rings. The Balaban J connectivity index is 1.57. The quantitative estimate of drug-likeness (QED) is 0.598. The zero-order valence-corrected chi connectivity index (χ0v) is 16.1. The predicted molar refractivity (Wildman–Crippen MR) is 108 cm³/mol. The van der Waals surface area contributed by atoms with Crippen LogP contribution in [0.25, 0.3) is 0 Å². The van der Waals surface area contributed by atoms with E-state index in [4.69, 9.17) is 16.4 Å². The highest BCUT2D eigenvalue weighted by molar-refractivity contribution is 7.10. The van der Waals surface area contributed by atoms with E-state index < -0.39 is 12.0 Å². The predicted octanol–water partition coefficient (Wildman–Crippen LogP) is 4.45. The van der Waals surface area contributed by atoms with Crippen molar-refractivity contribution in [1.29, 1.82) is 0 Å². The monoisotopic (exact) mass is 410 g/mol. The molecule has 3 heterocycles. The lowest BCUT2D eigenvalue weighted by Crippen LogP contribution is -2.37. The number of nitrogens with zero attached hydrogens (tertiary/aromatic N) is 2. The van der Waals surface area contributed by atoms with Gasteiger partial charge in [0, 0.05) is 9.90 Å². The van der Waals surface area contributed by atoms with Gasteiger partial charge in [-0.25, -0.2) is 9.96 Å². The normalized spacial score (nSPS) is 24.1.